The lowest BCUT2D eigenvalue weighted by Gasteiger charge is -2.48. The summed E-state index contributed by atoms with van der Waals surface area (Å²) < 4.78 is 81.6. The number of carbonyl (C=O) groups is 2. The van der Waals surface area contributed by atoms with Crippen LogP contribution in [0.3, 0.4) is 0 Å². The highest BCUT2D eigenvalue weighted by Gasteiger charge is 2.41. The predicted molar refractivity (Wildman–Crippen MR) is 260 cm³/mol. The molecular weight excluding hydrogens is 941 g/mol. The summed E-state index contributed by atoms with van der Waals surface area (Å²) in [7, 11) is 3.89. The van der Waals surface area contributed by atoms with Crippen molar-refractivity contribution in [1.29, 1.82) is 0 Å². The molecule has 4 fully saturated rings. The Bertz CT molecular complexity index is 2470. The molecule has 8 rings (SSSR count). The molecule has 0 unspecified atom stereocenters. The number of hydrogen-bond donors (Lipinski definition) is 1. The number of phenols is 1. The first-order valence-corrected chi connectivity index (χ1v) is 25.2. The van der Waals surface area contributed by atoms with E-state index in [9.17, 15) is 41.0 Å². The van der Waals surface area contributed by atoms with Gasteiger partial charge in [-0.1, -0.05) is 24.6 Å². The van der Waals surface area contributed by atoms with Crippen LogP contribution in [0.25, 0.3) is 0 Å². The van der Waals surface area contributed by atoms with E-state index in [0.29, 0.717) is 44.5 Å². The number of aryl methyl sites for hydroxylation is 1. The zero-order valence-corrected chi connectivity index (χ0v) is 42.3. The first-order valence-electron chi connectivity index (χ1n) is 25.2. The first kappa shape index (κ1) is 54.5. The molecule has 4 aliphatic rings. The number of likely N-dealkylation sites (N-methyl/N-ethyl adjacent to an activating group) is 1. The number of aromatic nitrogens is 4. The fraction of sp³-hybridized carbons (Fsp3) is 0.585. The lowest BCUT2D eigenvalue weighted by molar-refractivity contribution is -0.145. The average molecular weight is 1010 g/mol. The fourth-order valence-electron chi connectivity index (χ4n) is 11.0. The topological polar surface area (TPSA) is 131 Å². The van der Waals surface area contributed by atoms with Crippen LogP contribution in [0.4, 0.5) is 26.3 Å². The molecule has 13 nitrogen and oxygen atoms in total. The zero-order chi connectivity index (χ0) is 51.9. The van der Waals surface area contributed by atoms with Crippen molar-refractivity contribution in [3.8, 4) is 5.75 Å². The third-order valence-electron chi connectivity index (χ3n) is 15.4. The maximum atomic E-state index is 13.1. The quantitative estimate of drug-likeness (QED) is 0.102. The van der Waals surface area contributed by atoms with E-state index in [4.69, 9.17) is 4.74 Å². The molecule has 0 radical (unpaired) electrons. The van der Waals surface area contributed by atoms with Crippen LogP contribution < -0.4 is 0 Å². The van der Waals surface area contributed by atoms with Gasteiger partial charge in [0, 0.05) is 102 Å². The molecule has 72 heavy (non-hydrogen) atoms. The second-order valence-corrected chi connectivity index (χ2v) is 19.9. The summed E-state index contributed by atoms with van der Waals surface area (Å²) in [5.74, 6) is -2.83. The summed E-state index contributed by atoms with van der Waals surface area (Å²) >= 11 is 0. The van der Waals surface area contributed by atoms with E-state index in [2.05, 4.69) is 67.7 Å². The summed E-state index contributed by atoms with van der Waals surface area (Å²) in [5, 5.41) is 9.99. The number of unbranched alkanes of at least 4 members (excludes halogenated alkanes) is 2. The molecule has 0 spiro atoms. The van der Waals surface area contributed by atoms with Crippen molar-refractivity contribution < 1.29 is 45.8 Å². The molecule has 19 heteroatoms. The van der Waals surface area contributed by atoms with Gasteiger partial charge < -0.3 is 24.5 Å². The number of rotatable bonds is 13. The lowest BCUT2D eigenvalue weighted by atomic mass is 9.85. The van der Waals surface area contributed by atoms with Gasteiger partial charge >= 0.3 is 12.4 Å². The number of carbonyl (C=O) groups excluding carboxylic acids is 2. The van der Waals surface area contributed by atoms with Crippen LogP contribution >= 0.6 is 0 Å². The molecule has 2 aromatic carbocycles. The van der Waals surface area contributed by atoms with Crippen molar-refractivity contribution in [2.45, 2.75) is 128 Å². The van der Waals surface area contributed by atoms with Crippen molar-refractivity contribution in [3.05, 3.63) is 111 Å². The fourth-order valence-corrected chi connectivity index (χ4v) is 11.0. The third-order valence-corrected chi connectivity index (χ3v) is 15.4. The van der Waals surface area contributed by atoms with Gasteiger partial charge in [-0.3, -0.25) is 19.4 Å². The number of piperidine rings is 2. The van der Waals surface area contributed by atoms with Crippen molar-refractivity contribution >= 4 is 11.8 Å². The molecule has 6 heterocycles. The van der Waals surface area contributed by atoms with Gasteiger partial charge in [-0.05, 0) is 144 Å². The molecule has 1 N–H and O–H groups in total. The first-order chi connectivity index (χ1) is 34.3. The maximum absolute atomic E-state index is 13.1. The number of halogens is 6. The van der Waals surface area contributed by atoms with Gasteiger partial charge in [-0.15, -0.1) is 0 Å². The Morgan fingerprint density at radius 3 is 1.58 bits per heavy atom. The van der Waals surface area contributed by atoms with Crippen LogP contribution in [0.1, 0.15) is 141 Å². The van der Waals surface area contributed by atoms with Crippen molar-refractivity contribution in [3.63, 3.8) is 0 Å². The number of nitrogens with zero attached hydrogens (tertiary/aromatic N) is 9. The highest BCUT2D eigenvalue weighted by atomic mass is 19.4. The van der Waals surface area contributed by atoms with Gasteiger partial charge in [-0.25, -0.2) is 19.9 Å². The Balaban J connectivity index is 0.000000219. The summed E-state index contributed by atoms with van der Waals surface area (Å²) in [6.07, 6.45) is 5.49. The minimum Gasteiger partial charge on any atom is -0.508 e. The molecule has 4 aliphatic heterocycles. The lowest BCUT2D eigenvalue weighted by Crippen LogP contribution is -2.57. The Morgan fingerprint density at radius 2 is 1.11 bits per heavy atom. The van der Waals surface area contributed by atoms with Gasteiger partial charge in [0.15, 0.2) is 0 Å². The molecular formula is C53H69F6N9O4. The molecule has 4 aromatic rings. The van der Waals surface area contributed by atoms with Crippen molar-refractivity contribution in [2.24, 2.45) is 0 Å². The molecule has 2 aromatic heterocycles. The van der Waals surface area contributed by atoms with E-state index in [1.165, 1.54) is 47.1 Å². The van der Waals surface area contributed by atoms with Crippen LogP contribution in [0.15, 0.2) is 49.1 Å². The smallest absolute Gasteiger partial charge is 0.451 e. The highest BCUT2D eigenvalue weighted by molar-refractivity contribution is 5.94. The van der Waals surface area contributed by atoms with E-state index >= 15 is 0 Å². The number of amides is 2. The maximum Gasteiger partial charge on any atom is 0.451 e. The number of fused-ring (bicyclic) bond motifs is 2. The summed E-state index contributed by atoms with van der Waals surface area (Å²) in [5.41, 5.74) is 8.91. The monoisotopic (exact) mass is 1010 g/mol. The number of benzene rings is 2. The SMILES string of the molecule is COCCN(C)CCCCCc1ccc([C@H]2CCC[C@H]3CN(C(=O)c4cnc(C(F)(F)F)nc4)CCN32)c(C)c1C.Cc1c(O)ccc([C@H]2CCC[C@H]3CN(C(=O)c4cnc(C(F)(F)F)nc4)CCN32)c1C. The van der Waals surface area contributed by atoms with Crippen LogP contribution in [-0.4, -0.2) is 147 Å². The number of methoxy groups -OCH3 is 1. The summed E-state index contributed by atoms with van der Waals surface area (Å²) in [6, 6.07) is 9.31. The molecule has 4 atom stereocenters. The Kier molecular flexibility index (Phi) is 18.0. The summed E-state index contributed by atoms with van der Waals surface area (Å²) in [6.45, 7) is 14.8. The number of aromatic hydroxyl groups is 1. The standard InChI is InChI=1S/C31H44F3N5O2.C22H25F3N4O2/c1-22-23(2)27(13-12-24(22)9-6-5-7-14-37(3)17-18-41-4)28-11-8-10-26-21-38(15-16-39(26)28)29(40)25-19-35-30(36-20-25)31(32,33)34;1-13-14(2)19(30)7-6-17(13)18-5-3-4-16-12-28(8-9-29(16)18)20(31)15-10-26-21(27-11-15)22(23,24)25/h12-13,19-20,26,28H,5-11,14-18,21H2,1-4H3;6-7,10-11,16,18,30H,3-5,8-9,12H2,1-2H3/t26-,28+;16-,18+/m00/s1. The second kappa shape index (κ2) is 23.7. The van der Waals surface area contributed by atoms with Crippen LogP contribution in [0.5, 0.6) is 5.75 Å². The van der Waals surface area contributed by atoms with Gasteiger partial charge in [0.2, 0.25) is 11.6 Å². The van der Waals surface area contributed by atoms with Gasteiger partial charge in [0.1, 0.15) is 5.75 Å². The molecule has 4 saturated heterocycles. The van der Waals surface area contributed by atoms with Crippen molar-refractivity contribution in [1.82, 2.24) is 44.4 Å². The molecule has 0 saturated carbocycles. The van der Waals surface area contributed by atoms with Gasteiger partial charge in [0.05, 0.1) is 17.7 Å². The minimum atomic E-state index is -4.63. The van der Waals surface area contributed by atoms with E-state index in [1.807, 2.05) is 19.9 Å². The van der Waals surface area contributed by atoms with E-state index in [0.717, 1.165) is 107 Å². The largest absolute Gasteiger partial charge is 0.508 e. The number of hydrogen-bond acceptors (Lipinski definition) is 11. The second-order valence-electron chi connectivity index (χ2n) is 19.9. The predicted octanol–water partition coefficient (Wildman–Crippen LogP) is 9.32. The highest BCUT2D eigenvalue weighted by Crippen LogP contribution is 2.41. The Morgan fingerprint density at radius 1 is 0.639 bits per heavy atom. The van der Waals surface area contributed by atoms with E-state index in [-0.39, 0.29) is 41.1 Å². The number of ether oxygens (including phenoxy) is 1. The van der Waals surface area contributed by atoms with Crippen LogP contribution in [-0.2, 0) is 23.5 Å². The zero-order valence-electron chi connectivity index (χ0n) is 42.3. The average Bonchev–Trinajstić information content (AvgIpc) is 3.37. The van der Waals surface area contributed by atoms with Crippen molar-refractivity contribution in [2.75, 3.05) is 73.1 Å². The summed E-state index contributed by atoms with van der Waals surface area (Å²) in [4.78, 5) is 50.0. The van der Waals surface area contributed by atoms with E-state index in [1.54, 1.807) is 23.0 Å². The van der Waals surface area contributed by atoms with Gasteiger partial charge in [0.25, 0.3) is 11.8 Å². The number of phenolic OH excluding ortho intramolecular Hbond substituents is 1. The van der Waals surface area contributed by atoms with Gasteiger partial charge in [-0.2, -0.15) is 26.3 Å². The minimum absolute atomic E-state index is 0.0683. The molecule has 0 bridgehead atoms. The molecule has 2 amide bonds. The number of alkyl halides is 6. The third kappa shape index (κ3) is 12.9. The van der Waals surface area contributed by atoms with Crippen LogP contribution in [0.2, 0.25) is 0 Å². The molecule has 0 aliphatic carbocycles. The van der Waals surface area contributed by atoms with E-state index < -0.39 is 24.0 Å². The normalized spacial score (nSPS) is 21.0. The Labute approximate surface area is 419 Å². The number of piperazine rings is 2. The molecule has 392 valence electrons. The Hall–Kier alpha value is -5.24. The van der Waals surface area contributed by atoms with Crippen LogP contribution in [0, 0.1) is 27.7 Å².